The molecule has 0 aliphatic heterocycles. The molecule has 0 atom stereocenters. The van der Waals surface area contributed by atoms with Crippen LogP contribution in [-0.2, 0) is 0 Å². The minimum atomic E-state index is 0.379. The Bertz CT molecular complexity index is 741. The minimum absolute atomic E-state index is 0.379. The van der Waals surface area contributed by atoms with Crippen molar-refractivity contribution < 1.29 is 4.52 Å². The lowest BCUT2D eigenvalue weighted by molar-refractivity contribution is 0.419. The van der Waals surface area contributed by atoms with Crippen LogP contribution >= 0.6 is 0 Å². The van der Waals surface area contributed by atoms with Gasteiger partial charge in [0.05, 0.1) is 5.39 Å². The van der Waals surface area contributed by atoms with Gasteiger partial charge in [-0.05, 0) is 25.1 Å². The van der Waals surface area contributed by atoms with Gasteiger partial charge in [0.2, 0.25) is 0 Å². The van der Waals surface area contributed by atoms with E-state index in [0.717, 1.165) is 22.0 Å². The fraction of sp³-hybridized carbons (Fsp3) is 0.176. The van der Waals surface area contributed by atoms with E-state index in [2.05, 4.69) is 22.3 Å². The lowest BCUT2D eigenvalue weighted by Gasteiger charge is -2.04. The van der Waals surface area contributed by atoms with E-state index in [9.17, 15) is 0 Å². The molecule has 0 saturated carbocycles. The van der Waals surface area contributed by atoms with Crippen LogP contribution in [-0.4, -0.2) is 11.0 Å². The standard InChI is InChI=1S/C15H17N5O.C2H6/c1-3-5-10(6-4-2)14-12-9-11(15(18-16)19-17)7-8-13(12)20-21-14;1-2/h3-9H,1,16-17H2,2H3,(H,18,19);1-2H3/b6-4-,10-5+;. The van der Waals surface area contributed by atoms with Gasteiger partial charge in [0.25, 0.3) is 0 Å². The van der Waals surface area contributed by atoms with Gasteiger partial charge in [-0.15, -0.1) is 0 Å². The number of hydrogen-bond donors (Lipinski definition) is 3. The average Bonchev–Trinajstić information content (AvgIpc) is 3.01. The Labute approximate surface area is 136 Å². The summed E-state index contributed by atoms with van der Waals surface area (Å²) in [5, 5.41) is 8.49. The fourth-order valence-electron chi connectivity index (χ4n) is 2.01. The second-order valence-electron chi connectivity index (χ2n) is 4.22. The maximum absolute atomic E-state index is 5.44. The fourth-order valence-corrected chi connectivity index (χ4v) is 2.01. The van der Waals surface area contributed by atoms with Crippen molar-refractivity contribution in [1.82, 2.24) is 10.6 Å². The van der Waals surface area contributed by atoms with Gasteiger partial charge in [0.15, 0.2) is 11.6 Å². The van der Waals surface area contributed by atoms with Crippen LogP contribution in [0.15, 0.2) is 58.7 Å². The van der Waals surface area contributed by atoms with Gasteiger partial charge in [-0.2, -0.15) is 5.10 Å². The first-order valence-electron chi connectivity index (χ1n) is 7.35. The highest BCUT2D eigenvalue weighted by atomic mass is 16.5. The third-order valence-corrected chi connectivity index (χ3v) is 2.92. The summed E-state index contributed by atoms with van der Waals surface area (Å²) in [5.41, 5.74) is 4.81. The van der Waals surface area contributed by atoms with E-state index in [1.54, 1.807) is 6.08 Å². The van der Waals surface area contributed by atoms with Crippen molar-refractivity contribution in [1.29, 1.82) is 0 Å². The second kappa shape index (κ2) is 9.22. The number of benzene rings is 1. The maximum Gasteiger partial charge on any atom is 0.174 e. The molecule has 23 heavy (non-hydrogen) atoms. The van der Waals surface area contributed by atoms with E-state index in [4.69, 9.17) is 16.2 Å². The molecular formula is C17H23N5O. The van der Waals surface area contributed by atoms with Crippen LogP contribution in [0.5, 0.6) is 0 Å². The molecule has 0 spiro atoms. The first-order chi connectivity index (χ1) is 11.2. The van der Waals surface area contributed by atoms with Crippen LogP contribution in [0.2, 0.25) is 0 Å². The SMILES string of the molecule is C=C/C=C(\C=C/C)c1onc2ccc(/C(=N/N)NN)cc12.CC. The topological polar surface area (TPSA) is 102 Å². The van der Waals surface area contributed by atoms with Crippen molar-refractivity contribution in [3.05, 3.63) is 60.4 Å². The van der Waals surface area contributed by atoms with E-state index in [1.807, 2.05) is 57.2 Å². The summed E-state index contributed by atoms with van der Waals surface area (Å²) in [6.45, 7) is 9.64. The Hall–Kier alpha value is -2.86. The number of rotatable bonds is 4. The van der Waals surface area contributed by atoms with E-state index in [0.29, 0.717) is 11.6 Å². The van der Waals surface area contributed by atoms with Gasteiger partial charge < -0.3 is 15.8 Å². The molecule has 0 unspecified atom stereocenters. The average molecular weight is 313 g/mol. The molecule has 1 heterocycles. The van der Waals surface area contributed by atoms with Crippen molar-refractivity contribution in [2.45, 2.75) is 20.8 Å². The van der Waals surface area contributed by atoms with Gasteiger partial charge >= 0.3 is 0 Å². The third kappa shape index (κ3) is 4.08. The zero-order chi connectivity index (χ0) is 17.2. The first kappa shape index (κ1) is 18.2. The number of hydrazine groups is 1. The molecule has 122 valence electrons. The van der Waals surface area contributed by atoms with Crippen LogP contribution in [0.4, 0.5) is 0 Å². The highest BCUT2D eigenvalue weighted by molar-refractivity contribution is 6.03. The zero-order valence-electron chi connectivity index (χ0n) is 13.7. The number of nitrogens with two attached hydrogens (primary N) is 2. The molecule has 6 heteroatoms. The van der Waals surface area contributed by atoms with Crippen molar-refractivity contribution in [2.75, 3.05) is 0 Å². The van der Waals surface area contributed by atoms with Crippen LogP contribution < -0.4 is 17.1 Å². The molecule has 0 saturated heterocycles. The third-order valence-electron chi connectivity index (χ3n) is 2.92. The molecule has 0 bridgehead atoms. The molecule has 1 aromatic heterocycles. The van der Waals surface area contributed by atoms with E-state index >= 15 is 0 Å². The molecule has 2 rings (SSSR count). The molecule has 6 nitrogen and oxygen atoms in total. The summed E-state index contributed by atoms with van der Waals surface area (Å²) in [5.74, 6) is 11.7. The number of nitrogens with one attached hydrogen (secondary N) is 1. The molecule has 2 aromatic rings. The lowest BCUT2D eigenvalue weighted by Crippen LogP contribution is -2.31. The summed E-state index contributed by atoms with van der Waals surface area (Å²) in [6, 6.07) is 5.50. The highest BCUT2D eigenvalue weighted by Gasteiger charge is 2.13. The van der Waals surface area contributed by atoms with E-state index < -0.39 is 0 Å². The zero-order valence-corrected chi connectivity index (χ0v) is 13.7. The smallest absolute Gasteiger partial charge is 0.174 e. The number of hydrogen-bond acceptors (Lipinski definition) is 5. The molecule has 1 aromatic carbocycles. The molecule has 0 amide bonds. The van der Waals surface area contributed by atoms with Gasteiger partial charge in [-0.25, -0.2) is 5.84 Å². The normalized spacial score (nSPS) is 12.2. The Balaban J connectivity index is 0.00000127. The van der Waals surface area contributed by atoms with E-state index in [1.165, 1.54) is 0 Å². The molecule has 0 radical (unpaired) electrons. The minimum Gasteiger partial charge on any atom is -0.355 e. The summed E-state index contributed by atoms with van der Waals surface area (Å²) < 4.78 is 5.44. The molecule has 5 N–H and O–H groups in total. The quantitative estimate of drug-likeness (QED) is 0.265. The van der Waals surface area contributed by atoms with Gasteiger partial charge in [0.1, 0.15) is 5.52 Å². The maximum atomic E-state index is 5.44. The van der Waals surface area contributed by atoms with Gasteiger partial charge in [0, 0.05) is 11.1 Å². The highest BCUT2D eigenvalue weighted by Crippen LogP contribution is 2.27. The monoisotopic (exact) mass is 313 g/mol. The molecule has 0 aliphatic rings. The molecular weight excluding hydrogens is 290 g/mol. The summed E-state index contributed by atoms with van der Waals surface area (Å²) in [7, 11) is 0. The second-order valence-corrected chi connectivity index (χ2v) is 4.22. The summed E-state index contributed by atoms with van der Waals surface area (Å²) >= 11 is 0. The number of aromatic nitrogens is 1. The van der Waals surface area contributed by atoms with Crippen LogP contribution in [0.3, 0.4) is 0 Å². The molecule has 0 fully saturated rings. The Morgan fingerprint density at radius 2 is 2.13 bits per heavy atom. The first-order valence-corrected chi connectivity index (χ1v) is 7.35. The Morgan fingerprint density at radius 1 is 1.39 bits per heavy atom. The largest absolute Gasteiger partial charge is 0.355 e. The molecule has 0 aliphatic carbocycles. The Kier molecular flexibility index (Phi) is 7.29. The number of fused-ring (bicyclic) bond motifs is 1. The number of amidine groups is 1. The Morgan fingerprint density at radius 3 is 2.70 bits per heavy atom. The van der Waals surface area contributed by atoms with Crippen LogP contribution in [0.25, 0.3) is 16.5 Å². The predicted octanol–water partition coefficient (Wildman–Crippen LogP) is 3.08. The lowest BCUT2D eigenvalue weighted by atomic mass is 10.1. The predicted molar refractivity (Wildman–Crippen MR) is 96.4 cm³/mol. The van der Waals surface area contributed by atoms with Gasteiger partial charge in [-0.1, -0.05) is 49.9 Å². The van der Waals surface area contributed by atoms with Crippen molar-refractivity contribution in [3.8, 4) is 0 Å². The number of hydrazone groups is 1. The van der Waals surface area contributed by atoms with Crippen molar-refractivity contribution >= 4 is 22.3 Å². The summed E-state index contributed by atoms with van der Waals surface area (Å²) in [4.78, 5) is 0. The van der Waals surface area contributed by atoms with Crippen LogP contribution in [0.1, 0.15) is 32.1 Å². The summed E-state index contributed by atoms with van der Waals surface area (Å²) in [6.07, 6.45) is 7.39. The number of nitrogens with zero attached hydrogens (tertiary/aromatic N) is 2. The number of allylic oxidation sites excluding steroid dienone is 5. The van der Waals surface area contributed by atoms with Crippen molar-refractivity contribution in [2.24, 2.45) is 16.8 Å². The van der Waals surface area contributed by atoms with Crippen LogP contribution in [0, 0.1) is 0 Å². The van der Waals surface area contributed by atoms with Crippen molar-refractivity contribution in [3.63, 3.8) is 0 Å². The van der Waals surface area contributed by atoms with Gasteiger partial charge in [-0.3, -0.25) is 0 Å². The van der Waals surface area contributed by atoms with E-state index in [-0.39, 0.29) is 0 Å².